The number of hydrogen-bond donors (Lipinski definition) is 2. The lowest BCUT2D eigenvalue weighted by Crippen LogP contribution is -2.32. The molecule has 132 valence electrons. The highest BCUT2D eigenvalue weighted by Gasteiger charge is 2.19. The Morgan fingerprint density at radius 2 is 1.80 bits per heavy atom. The quantitative estimate of drug-likeness (QED) is 0.771. The van der Waals surface area contributed by atoms with Gasteiger partial charge in [-0.05, 0) is 43.2 Å². The van der Waals surface area contributed by atoms with E-state index in [9.17, 15) is 9.59 Å². The molecule has 2 amide bonds. The number of carbonyl (C=O) groups excluding carboxylic acids is 2. The Labute approximate surface area is 148 Å². The number of amides is 2. The van der Waals surface area contributed by atoms with E-state index >= 15 is 0 Å². The fourth-order valence-electron chi connectivity index (χ4n) is 2.29. The van der Waals surface area contributed by atoms with E-state index in [1.54, 1.807) is 24.3 Å². The van der Waals surface area contributed by atoms with Crippen LogP contribution in [-0.2, 0) is 4.79 Å². The summed E-state index contributed by atoms with van der Waals surface area (Å²) < 4.78 is 5.74. The van der Waals surface area contributed by atoms with Crippen molar-refractivity contribution >= 4 is 17.5 Å². The van der Waals surface area contributed by atoms with E-state index in [1.807, 2.05) is 44.2 Å². The lowest BCUT2D eigenvalue weighted by Gasteiger charge is -2.17. The predicted octanol–water partition coefficient (Wildman–Crippen LogP) is 3.62. The first-order chi connectivity index (χ1) is 12.1. The van der Waals surface area contributed by atoms with Crippen molar-refractivity contribution < 1.29 is 14.3 Å². The van der Waals surface area contributed by atoms with Gasteiger partial charge >= 0.3 is 0 Å². The molecule has 5 nitrogen and oxygen atoms in total. The van der Waals surface area contributed by atoms with Crippen LogP contribution in [0.5, 0.6) is 5.75 Å². The second kappa shape index (κ2) is 9.47. The molecule has 1 unspecified atom stereocenters. The number of benzene rings is 2. The van der Waals surface area contributed by atoms with Gasteiger partial charge in [0, 0.05) is 17.8 Å². The van der Waals surface area contributed by atoms with E-state index < -0.39 is 6.10 Å². The van der Waals surface area contributed by atoms with Crippen molar-refractivity contribution in [3.8, 4) is 5.75 Å². The summed E-state index contributed by atoms with van der Waals surface area (Å²) in [4.78, 5) is 24.5. The van der Waals surface area contributed by atoms with Crippen LogP contribution < -0.4 is 15.4 Å². The van der Waals surface area contributed by atoms with E-state index in [0.29, 0.717) is 30.0 Å². The summed E-state index contributed by atoms with van der Waals surface area (Å²) in [7, 11) is 0. The third-order valence-electron chi connectivity index (χ3n) is 3.61. The van der Waals surface area contributed by atoms with E-state index in [-0.39, 0.29) is 11.8 Å². The molecule has 2 rings (SSSR count). The predicted molar refractivity (Wildman–Crippen MR) is 98.8 cm³/mol. The first kappa shape index (κ1) is 18.5. The molecule has 2 N–H and O–H groups in total. The number of hydrogen-bond acceptors (Lipinski definition) is 3. The topological polar surface area (TPSA) is 67.4 Å². The van der Waals surface area contributed by atoms with Crippen LogP contribution >= 0.6 is 0 Å². The smallest absolute Gasteiger partial charge is 0.265 e. The Kier molecular flexibility index (Phi) is 7.01. The van der Waals surface area contributed by atoms with Crippen molar-refractivity contribution in [3.05, 3.63) is 60.2 Å². The zero-order chi connectivity index (χ0) is 18.1. The highest BCUT2D eigenvalue weighted by Crippen LogP contribution is 2.15. The van der Waals surface area contributed by atoms with E-state index in [1.165, 1.54) is 0 Å². The molecule has 0 radical (unpaired) electrons. The van der Waals surface area contributed by atoms with Gasteiger partial charge in [0.1, 0.15) is 5.75 Å². The van der Waals surface area contributed by atoms with Crippen LogP contribution in [-0.4, -0.2) is 24.5 Å². The standard InChI is InChI=1S/C20H24N2O3/c1-3-13-21-19(23)15-9-8-10-16(14-15)22-20(24)18(4-2)25-17-11-6-5-7-12-17/h5-12,14,18H,3-4,13H2,1-2H3,(H,21,23)(H,22,24). The second-order valence-electron chi connectivity index (χ2n) is 5.65. The maximum absolute atomic E-state index is 12.5. The van der Waals surface area contributed by atoms with E-state index in [4.69, 9.17) is 4.74 Å². The maximum Gasteiger partial charge on any atom is 0.265 e. The molecule has 0 bridgehead atoms. The molecule has 5 heteroatoms. The van der Waals surface area contributed by atoms with Gasteiger partial charge in [-0.2, -0.15) is 0 Å². The molecular weight excluding hydrogens is 316 g/mol. The highest BCUT2D eigenvalue weighted by molar-refractivity contribution is 5.98. The lowest BCUT2D eigenvalue weighted by atomic mass is 10.1. The van der Waals surface area contributed by atoms with Gasteiger partial charge in [-0.15, -0.1) is 0 Å². The van der Waals surface area contributed by atoms with Crippen LogP contribution in [0, 0.1) is 0 Å². The number of carbonyl (C=O) groups is 2. The van der Waals surface area contributed by atoms with E-state index in [2.05, 4.69) is 10.6 Å². The minimum absolute atomic E-state index is 0.148. The fraction of sp³-hybridized carbons (Fsp3) is 0.300. The molecule has 0 aromatic heterocycles. The van der Waals surface area contributed by atoms with Gasteiger partial charge in [-0.25, -0.2) is 0 Å². The monoisotopic (exact) mass is 340 g/mol. The van der Waals surface area contributed by atoms with Crippen molar-refractivity contribution in [1.29, 1.82) is 0 Å². The zero-order valence-electron chi connectivity index (χ0n) is 14.6. The largest absolute Gasteiger partial charge is 0.481 e. The highest BCUT2D eigenvalue weighted by atomic mass is 16.5. The van der Waals surface area contributed by atoms with Gasteiger partial charge in [0.05, 0.1) is 0 Å². The molecule has 0 aliphatic carbocycles. The molecule has 0 saturated heterocycles. The van der Waals surface area contributed by atoms with Gasteiger partial charge in [-0.1, -0.05) is 38.1 Å². The molecule has 0 aliphatic heterocycles. The number of para-hydroxylation sites is 1. The van der Waals surface area contributed by atoms with Crippen LogP contribution in [0.15, 0.2) is 54.6 Å². The molecule has 0 spiro atoms. The number of ether oxygens (including phenoxy) is 1. The minimum atomic E-state index is -0.597. The fourth-order valence-corrected chi connectivity index (χ4v) is 2.29. The molecular formula is C20H24N2O3. The lowest BCUT2D eigenvalue weighted by molar-refractivity contribution is -0.122. The van der Waals surface area contributed by atoms with Gasteiger partial charge in [0.25, 0.3) is 11.8 Å². The SMILES string of the molecule is CCCNC(=O)c1cccc(NC(=O)C(CC)Oc2ccccc2)c1. The minimum Gasteiger partial charge on any atom is -0.481 e. The van der Waals surface area contributed by atoms with Crippen molar-refractivity contribution in [1.82, 2.24) is 5.32 Å². The third kappa shape index (κ3) is 5.64. The van der Waals surface area contributed by atoms with Crippen LogP contribution in [0.3, 0.4) is 0 Å². The summed E-state index contributed by atoms with van der Waals surface area (Å²) in [6.45, 7) is 4.51. The summed E-state index contributed by atoms with van der Waals surface area (Å²) in [5.74, 6) is 0.264. The summed E-state index contributed by atoms with van der Waals surface area (Å²) in [6, 6.07) is 16.1. The molecule has 0 heterocycles. The van der Waals surface area contributed by atoms with Gasteiger partial charge in [0.2, 0.25) is 0 Å². The number of nitrogens with one attached hydrogen (secondary N) is 2. The maximum atomic E-state index is 12.5. The molecule has 0 fully saturated rings. The third-order valence-corrected chi connectivity index (χ3v) is 3.61. The Morgan fingerprint density at radius 1 is 1.04 bits per heavy atom. The normalized spacial score (nSPS) is 11.4. The number of anilines is 1. The summed E-state index contributed by atoms with van der Waals surface area (Å²) in [5.41, 5.74) is 1.09. The van der Waals surface area contributed by atoms with E-state index in [0.717, 1.165) is 6.42 Å². The van der Waals surface area contributed by atoms with Gasteiger partial charge < -0.3 is 15.4 Å². The van der Waals surface area contributed by atoms with Gasteiger partial charge in [-0.3, -0.25) is 9.59 Å². The molecule has 2 aromatic rings. The summed E-state index contributed by atoms with van der Waals surface area (Å²) >= 11 is 0. The Bertz CT molecular complexity index is 701. The van der Waals surface area contributed by atoms with Crippen molar-refractivity contribution in [2.75, 3.05) is 11.9 Å². The molecule has 25 heavy (non-hydrogen) atoms. The van der Waals surface area contributed by atoms with Crippen molar-refractivity contribution in [2.24, 2.45) is 0 Å². The molecule has 0 aliphatic rings. The zero-order valence-corrected chi connectivity index (χ0v) is 14.6. The Balaban J connectivity index is 2.02. The summed E-state index contributed by atoms with van der Waals surface area (Å²) in [5, 5.41) is 5.64. The van der Waals surface area contributed by atoms with Gasteiger partial charge in [0.15, 0.2) is 6.10 Å². The van der Waals surface area contributed by atoms with Crippen molar-refractivity contribution in [2.45, 2.75) is 32.8 Å². The molecule has 0 saturated carbocycles. The Morgan fingerprint density at radius 3 is 2.48 bits per heavy atom. The van der Waals surface area contributed by atoms with Crippen LogP contribution in [0.25, 0.3) is 0 Å². The van der Waals surface area contributed by atoms with Crippen molar-refractivity contribution in [3.63, 3.8) is 0 Å². The first-order valence-corrected chi connectivity index (χ1v) is 8.54. The van der Waals surface area contributed by atoms with Crippen LogP contribution in [0.4, 0.5) is 5.69 Å². The average molecular weight is 340 g/mol. The summed E-state index contributed by atoms with van der Waals surface area (Å²) in [6.07, 6.45) is 0.814. The molecule has 1 atom stereocenters. The number of rotatable bonds is 8. The van der Waals surface area contributed by atoms with Crippen LogP contribution in [0.2, 0.25) is 0 Å². The Hall–Kier alpha value is -2.82. The molecule has 2 aromatic carbocycles. The first-order valence-electron chi connectivity index (χ1n) is 8.54. The second-order valence-corrected chi connectivity index (χ2v) is 5.65. The van der Waals surface area contributed by atoms with Crippen LogP contribution in [0.1, 0.15) is 37.0 Å². The average Bonchev–Trinajstić information content (AvgIpc) is 2.65.